The van der Waals surface area contributed by atoms with Gasteiger partial charge in [0.15, 0.2) is 11.6 Å². The second-order valence-corrected chi connectivity index (χ2v) is 4.36. The lowest BCUT2D eigenvalue weighted by molar-refractivity contribution is 0.189. The van der Waals surface area contributed by atoms with Gasteiger partial charge < -0.3 is 9.84 Å². The first-order valence-corrected chi connectivity index (χ1v) is 6.02. The summed E-state index contributed by atoms with van der Waals surface area (Å²) in [4.78, 5) is 0. The maximum atomic E-state index is 13.5. The number of hydrogen-bond acceptors (Lipinski definition) is 2. The molecule has 0 saturated carbocycles. The monoisotopic (exact) mass is 282 g/mol. The number of benzene rings is 2. The Kier molecular flexibility index (Phi) is 4.29. The van der Waals surface area contributed by atoms with Crippen molar-refractivity contribution < 1.29 is 23.0 Å². The third kappa shape index (κ3) is 3.11. The molecule has 20 heavy (non-hydrogen) atoms. The molecule has 0 bridgehead atoms. The van der Waals surface area contributed by atoms with E-state index in [9.17, 15) is 18.3 Å². The van der Waals surface area contributed by atoms with Crippen LogP contribution < -0.4 is 4.74 Å². The predicted octanol–water partition coefficient (Wildman–Crippen LogP) is 3.74. The van der Waals surface area contributed by atoms with E-state index in [1.165, 1.54) is 31.2 Å². The third-order valence-electron chi connectivity index (χ3n) is 2.84. The van der Waals surface area contributed by atoms with E-state index in [4.69, 9.17) is 4.74 Å². The van der Waals surface area contributed by atoms with Crippen LogP contribution in [-0.2, 0) is 6.61 Å². The van der Waals surface area contributed by atoms with Crippen molar-refractivity contribution in [2.24, 2.45) is 0 Å². The van der Waals surface area contributed by atoms with E-state index in [2.05, 4.69) is 0 Å². The molecule has 0 unspecified atom stereocenters. The van der Waals surface area contributed by atoms with E-state index in [0.29, 0.717) is 5.56 Å². The van der Waals surface area contributed by atoms with Crippen molar-refractivity contribution in [1.82, 2.24) is 0 Å². The van der Waals surface area contributed by atoms with Gasteiger partial charge in [-0.2, -0.15) is 0 Å². The minimum Gasteiger partial charge on any atom is -0.488 e. The van der Waals surface area contributed by atoms with Crippen LogP contribution in [0.25, 0.3) is 0 Å². The highest BCUT2D eigenvalue weighted by Crippen LogP contribution is 2.27. The van der Waals surface area contributed by atoms with Crippen LogP contribution in [-0.4, -0.2) is 5.11 Å². The second-order valence-electron chi connectivity index (χ2n) is 4.36. The summed E-state index contributed by atoms with van der Waals surface area (Å²) in [6.07, 6.45) is -0.858. The van der Waals surface area contributed by atoms with Gasteiger partial charge in [-0.1, -0.05) is 12.1 Å². The molecule has 5 heteroatoms. The second kappa shape index (κ2) is 5.96. The molecule has 2 aromatic rings. The number of rotatable bonds is 4. The fourth-order valence-corrected chi connectivity index (χ4v) is 1.79. The number of aliphatic hydroxyl groups is 1. The zero-order chi connectivity index (χ0) is 14.7. The number of halogens is 3. The van der Waals surface area contributed by atoms with Crippen molar-refractivity contribution in [1.29, 1.82) is 0 Å². The summed E-state index contributed by atoms with van der Waals surface area (Å²) in [5.41, 5.74) is 0.397. The predicted molar refractivity (Wildman–Crippen MR) is 67.7 cm³/mol. The highest BCUT2D eigenvalue weighted by Gasteiger charge is 2.13. The van der Waals surface area contributed by atoms with Gasteiger partial charge in [-0.15, -0.1) is 0 Å². The van der Waals surface area contributed by atoms with Crippen molar-refractivity contribution in [3.63, 3.8) is 0 Å². The van der Waals surface area contributed by atoms with Crippen LogP contribution in [0.2, 0.25) is 0 Å². The molecule has 2 rings (SSSR count). The lowest BCUT2D eigenvalue weighted by Gasteiger charge is -2.14. The fourth-order valence-electron chi connectivity index (χ4n) is 1.79. The molecule has 2 aromatic carbocycles. The van der Waals surface area contributed by atoms with Gasteiger partial charge in [-0.3, -0.25) is 0 Å². The van der Waals surface area contributed by atoms with Crippen LogP contribution in [0, 0.1) is 17.5 Å². The standard InChI is InChI=1S/C15H13F3O2/c1-9(19)12-6-5-11(16)7-14(12)20-8-10-3-2-4-13(17)15(10)18/h2-7,9,19H,8H2,1H3/t9-/m1/s1. The minimum absolute atomic E-state index is 0.0193. The molecule has 1 atom stereocenters. The minimum atomic E-state index is -0.998. The number of hydrogen-bond donors (Lipinski definition) is 1. The van der Waals surface area contributed by atoms with E-state index in [1.54, 1.807) is 0 Å². The molecule has 0 aliphatic carbocycles. The summed E-state index contributed by atoms with van der Waals surface area (Å²) in [6, 6.07) is 7.41. The first-order valence-electron chi connectivity index (χ1n) is 6.02. The van der Waals surface area contributed by atoms with E-state index in [1.807, 2.05) is 0 Å². The fraction of sp³-hybridized carbons (Fsp3) is 0.200. The quantitative estimate of drug-likeness (QED) is 0.925. The zero-order valence-electron chi connectivity index (χ0n) is 10.7. The highest BCUT2D eigenvalue weighted by atomic mass is 19.2. The molecule has 2 nitrogen and oxygen atoms in total. The van der Waals surface area contributed by atoms with Crippen LogP contribution >= 0.6 is 0 Å². The summed E-state index contributed by atoms with van der Waals surface area (Å²) < 4.78 is 45.0. The van der Waals surface area contributed by atoms with Gasteiger partial charge in [0.2, 0.25) is 0 Å². The largest absolute Gasteiger partial charge is 0.488 e. The summed E-state index contributed by atoms with van der Waals surface area (Å²) >= 11 is 0. The summed E-state index contributed by atoms with van der Waals surface area (Å²) in [5.74, 6) is -2.41. The molecule has 1 N–H and O–H groups in total. The molecule has 0 fully saturated rings. The van der Waals surface area contributed by atoms with Crippen molar-refractivity contribution in [3.05, 3.63) is 65.0 Å². The van der Waals surface area contributed by atoms with Crippen LogP contribution in [0.15, 0.2) is 36.4 Å². The Morgan fingerprint density at radius 1 is 1.15 bits per heavy atom. The highest BCUT2D eigenvalue weighted by molar-refractivity contribution is 5.35. The topological polar surface area (TPSA) is 29.5 Å². The zero-order valence-corrected chi connectivity index (χ0v) is 10.7. The molecular formula is C15H13F3O2. The number of aliphatic hydroxyl groups excluding tert-OH is 1. The first kappa shape index (κ1) is 14.4. The van der Waals surface area contributed by atoms with E-state index in [0.717, 1.165) is 12.1 Å². The van der Waals surface area contributed by atoms with Gasteiger partial charge in [-0.05, 0) is 25.1 Å². The maximum absolute atomic E-state index is 13.5. The Labute approximate surface area is 114 Å². The summed E-state index contributed by atoms with van der Waals surface area (Å²) in [5, 5.41) is 9.55. The van der Waals surface area contributed by atoms with Crippen LogP contribution in [0.1, 0.15) is 24.2 Å². The molecule has 0 spiro atoms. The average Bonchev–Trinajstić information content (AvgIpc) is 2.40. The SMILES string of the molecule is C[C@@H](O)c1ccc(F)cc1OCc1cccc(F)c1F. The molecule has 0 heterocycles. The summed E-state index contributed by atoms with van der Waals surface area (Å²) in [6.45, 7) is 1.25. The molecule has 0 aromatic heterocycles. The lowest BCUT2D eigenvalue weighted by Crippen LogP contribution is -2.04. The Balaban J connectivity index is 2.22. The van der Waals surface area contributed by atoms with Crippen molar-refractivity contribution in [2.45, 2.75) is 19.6 Å². The van der Waals surface area contributed by atoms with Gasteiger partial charge in [0, 0.05) is 17.2 Å². The maximum Gasteiger partial charge on any atom is 0.165 e. The summed E-state index contributed by atoms with van der Waals surface area (Å²) in [7, 11) is 0. The number of ether oxygens (including phenoxy) is 1. The van der Waals surface area contributed by atoms with Crippen LogP contribution in [0.3, 0.4) is 0 Å². The van der Waals surface area contributed by atoms with Gasteiger partial charge >= 0.3 is 0 Å². The van der Waals surface area contributed by atoms with Gasteiger partial charge in [-0.25, -0.2) is 13.2 Å². The van der Waals surface area contributed by atoms with Crippen LogP contribution in [0.5, 0.6) is 5.75 Å². The van der Waals surface area contributed by atoms with Crippen molar-refractivity contribution in [2.75, 3.05) is 0 Å². The Bertz CT molecular complexity index is 612. The van der Waals surface area contributed by atoms with E-state index >= 15 is 0 Å². The lowest BCUT2D eigenvalue weighted by atomic mass is 10.1. The van der Waals surface area contributed by atoms with Gasteiger partial charge in [0.05, 0.1) is 6.10 Å². The third-order valence-corrected chi connectivity index (χ3v) is 2.84. The molecule has 106 valence electrons. The Hall–Kier alpha value is -2.01. The average molecular weight is 282 g/mol. The van der Waals surface area contributed by atoms with Gasteiger partial charge in [0.1, 0.15) is 18.2 Å². The molecule has 0 aliphatic heterocycles. The molecular weight excluding hydrogens is 269 g/mol. The smallest absolute Gasteiger partial charge is 0.165 e. The first-order chi connectivity index (χ1) is 9.49. The Morgan fingerprint density at radius 3 is 2.60 bits per heavy atom. The molecule has 0 radical (unpaired) electrons. The molecule has 0 aliphatic rings. The van der Waals surface area contributed by atoms with Gasteiger partial charge in [0.25, 0.3) is 0 Å². The normalized spacial score (nSPS) is 12.2. The Morgan fingerprint density at radius 2 is 1.90 bits per heavy atom. The van der Waals surface area contributed by atoms with Crippen molar-refractivity contribution >= 4 is 0 Å². The molecule has 0 saturated heterocycles. The molecule has 0 amide bonds. The van der Waals surface area contributed by atoms with Crippen LogP contribution in [0.4, 0.5) is 13.2 Å². The van der Waals surface area contributed by atoms with E-state index in [-0.39, 0.29) is 17.9 Å². The van der Waals surface area contributed by atoms with E-state index < -0.39 is 23.6 Å². The van der Waals surface area contributed by atoms with Crippen molar-refractivity contribution in [3.8, 4) is 5.75 Å².